The van der Waals surface area contributed by atoms with Gasteiger partial charge in [0.15, 0.2) is 0 Å². The number of aliphatic hydroxyl groups excluding tert-OH is 1. The number of hydrogen-bond donors (Lipinski definition) is 2. The zero-order chi connectivity index (χ0) is 14.5. The second-order valence-corrected chi connectivity index (χ2v) is 4.84. The maximum atomic E-state index is 11.3. The van der Waals surface area contributed by atoms with E-state index < -0.39 is 29.7 Å². The second kappa shape index (κ2) is 6.86. The van der Waals surface area contributed by atoms with Crippen LogP contribution in [0.25, 0.3) is 0 Å². The monoisotopic (exact) mass is 274 g/mol. The van der Waals surface area contributed by atoms with Gasteiger partial charge in [-0.05, 0) is 32.6 Å². The molecule has 0 aliphatic heterocycles. The van der Waals surface area contributed by atoms with Crippen molar-refractivity contribution < 1.29 is 29.3 Å². The SMILES string of the molecule is CCOC(=O)CC[C@@]1(O)[C@@H](OC(C)=O)CCC[C@@H]1O. The van der Waals surface area contributed by atoms with Crippen LogP contribution in [0.3, 0.4) is 0 Å². The molecule has 110 valence electrons. The van der Waals surface area contributed by atoms with Crippen molar-refractivity contribution in [3.63, 3.8) is 0 Å². The Balaban J connectivity index is 2.69. The lowest BCUT2D eigenvalue weighted by molar-refractivity contribution is -0.197. The molecule has 1 aliphatic carbocycles. The molecule has 1 fully saturated rings. The molecule has 0 aromatic heterocycles. The summed E-state index contributed by atoms with van der Waals surface area (Å²) in [6.45, 7) is 3.23. The quantitative estimate of drug-likeness (QED) is 0.711. The van der Waals surface area contributed by atoms with E-state index in [9.17, 15) is 19.8 Å². The van der Waals surface area contributed by atoms with E-state index in [0.717, 1.165) is 0 Å². The van der Waals surface area contributed by atoms with Gasteiger partial charge in [0.25, 0.3) is 0 Å². The molecule has 1 aliphatic rings. The van der Waals surface area contributed by atoms with Crippen LogP contribution in [-0.4, -0.2) is 46.6 Å². The number of carbonyl (C=O) groups is 2. The lowest BCUT2D eigenvalue weighted by Gasteiger charge is -2.42. The minimum Gasteiger partial charge on any atom is -0.466 e. The lowest BCUT2D eigenvalue weighted by atomic mass is 9.76. The summed E-state index contributed by atoms with van der Waals surface area (Å²) < 4.78 is 9.86. The number of ether oxygens (including phenoxy) is 2. The van der Waals surface area contributed by atoms with Crippen LogP contribution >= 0.6 is 0 Å². The zero-order valence-corrected chi connectivity index (χ0v) is 11.4. The number of hydrogen-bond acceptors (Lipinski definition) is 6. The molecule has 3 atom stereocenters. The summed E-state index contributed by atoms with van der Waals surface area (Å²) in [6, 6.07) is 0. The van der Waals surface area contributed by atoms with Crippen LogP contribution in [0.2, 0.25) is 0 Å². The maximum Gasteiger partial charge on any atom is 0.305 e. The fourth-order valence-corrected chi connectivity index (χ4v) is 2.44. The van der Waals surface area contributed by atoms with Gasteiger partial charge in [-0.1, -0.05) is 0 Å². The van der Waals surface area contributed by atoms with Crippen molar-refractivity contribution in [2.24, 2.45) is 0 Å². The molecule has 0 radical (unpaired) electrons. The number of carbonyl (C=O) groups excluding carboxylic acids is 2. The summed E-state index contributed by atoms with van der Waals surface area (Å²) in [7, 11) is 0. The van der Waals surface area contributed by atoms with Crippen LogP contribution in [0.5, 0.6) is 0 Å². The first kappa shape index (κ1) is 15.9. The van der Waals surface area contributed by atoms with Gasteiger partial charge in [0.05, 0.1) is 12.7 Å². The summed E-state index contributed by atoms with van der Waals surface area (Å²) in [5, 5.41) is 20.5. The standard InChI is InChI=1S/C13H22O6/c1-3-18-12(16)7-8-13(17)10(15)5-4-6-11(13)19-9(2)14/h10-11,15,17H,3-8H2,1-2H3/t10-,11-,13-/m0/s1. The van der Waals surface area contributed by atoms with E-state index in [1.165, 1.54) is 6.92 Å². The predicted molar refractivity (Wildman–Crippen MR) is 66.2 cm³/mol. The molecule has 6 nitrogen and oxygen atoms in total. The van der Waals surface area contributed by atoms with E-state index in [2.05, 4.69) is 0 Å². The van der Waals surface area contributed by atoms with Crippen molar-refractivity contribution in [3.05, 3.63) is 0 Å². The topological polar surface area (TPSA) is 93.1 Å². The second-order valence-electron chi connectivity index (χ2n) is 4.84. The Kier molecular flexibility index (Phi) is 5.75. The molecule has 0 bridgehead atoms. The number of rotatable bonds is 5. The molecule has 0 aromatic carbocycles. The van der Waals surface area contributed by atoms with Crippen LogP contribution < -0.4 is 0 Å². The van der Waals surface area contributed by atoms with Crippen molar-refractivity contribution in [3.8, 4) is 0 Å². The van der Waals surface area contributed by atoms with Gasteiger partial charge in [-0.15, -0.1) is 0 Å². The van der Waals surface area contributed by atoms with E-state index >= 15 is 0 Å². The van der Waals surface area contributed by atoms with Gasteiger partial charge in [-0.2, -0.15) is 0 Å². The Morgan fingerprint density at radius 2 is 2.05 bits per heavy atom. The third-order valence-electron chi connectivity index (χ3n) is 3.42. The Bertz CT molecular complexity index is 329. The van der Waals surface area contributed by atoms with Gasteiger partial charge >= 0.3 is 11.9 Å². The molecule has 0 spiro atoms. The zero-order valence-electron chi connectivity index (χ0n) is 11.4. The first-order valence-corrected chi connectivity index (χ1v) is 6.63. The molecule has 19 heavy (non-hydrogen) atoms. The van der Waals surface area contributed by atoms with Gasteiger partial charge in [0.1, 0.15) is 11.7 Å². The highest BCUT2D eigenvalue weighted by Crippen LogP contribution is 2.35. The average molecular weight is 274 g/mol. The highest BCUT2D eigenvalue weighted by atomic mass is 16.6. The third kappa shape index (κ3) is 4.18. The summed E-state index contributed by atoms with van der Waals surface area (Å²) >= 11 is 0. The molecule has 1 saturated carbocycles. The van der Waals surface area contributed by atoms with Gasteiger partial charge in [0.2, 0.25) is 0 Å². The summed E-state index contributed by atoms with van der Waals surface area (Å²) in [4.78, 5) is 22.4. The molecule has 6 heteroatoms. The minimum absolute atomic E-state index is 0.0147. The Labute approximate surface area is 112 Å². The van der Waals surface area contributed by atoms with Crippen LogP contribution in [0.4, 0.5) is 0 Å². The maximum absolute atomic E-state index is 11.3. The fourth-order valence-electron chi connectivity index (χ4n) is 2.44. The predicted octanol–water partition coefficient (Wildman–Crippen LogP) is 0.537. The van der Waals surface area contributed by atoms with Crippen molar-refractivity contribution in [1.29, 1.82) is 0 Å². The first-order valence-electron chi connectivity index (χ1n) is 6.63. The van der Waals surface area contributed by atoms with Crippen molar-refractivity contribution in [2.75, 3.05) is 6.61 Å². The minimum atomic E-state index is -1.57. The van der Waals surface area contributed by atoms with Crippen LogP contribution in [-0.2, 0) is 19.1 Å². The van der Waals surface area contributed by atoms with Gasteiger partial charge in [0, 0.05) is 13.3 Å². The largest absolute Gasteiger partial charge is 0.466 e. The number of aliphatic hydroxyl groups is 2. The smallest absolute Gasteiger partial charge is 0.305 e. The van der Waals surface area contributed by atoms with Crippen molar-refractivity contribution in [1.82, 2.24) is 0 Å². The van der Waals surface area contributed by atoms with Gasteiger partial charge < -0.3 is 19.7 Å². The fraction of sp³-hybridized carbons (Fsp3) is 0.846. The Morgan fingerprint density at radius 3 is 2.63 bits per heavy atom. The molecule has 0 unspecified atom stereocenters. The summed E-state index contributed by atoms with van der Waals surface area (Å²) in [5.41, 5.74) is -1.57. The molecule has 1 rings (SSSR count). The van der Waals surface area contributed by atoms with Gasteiger partial charge in [-0.25, -0.2) is 0 Å². The van der Waals surface area contributed by atoms with Crippen LogP contribution in [0.15, 0.2) is 0 Å². The molecule has 2 N–H and O–H groups in total. The van der Waals surface area contributed by atoms with E-state index in [1.807, 2.05) is 0 Å². The van der Waals surface area contributed by atoms with E-state index in [-0.39, 0.29) is 19.4 Å². The van der Waals surface area contributed by atoms with E-state index in [0.29, 0.717) is 19.3 Å². The average Bonchev–Trinajstić information content (AvgIpc) is 2.33. The molecular weight excluding hydrogens is 252 g/mol. The molecule has 0 aromatic rings. The number of esters is 2. The van der Waals surface area contributed by atoms with Crippen LogP contribution in [0.1, 0.15) is 46.0 Å². The third-order valence-corrected chi connectivity index (χ3v) is 3.42. The Morgan fingerprint density at radius 1 is 1.37 bits per heavy atom. The highest BCUT2D eigenvalue weighted by molar-refractivity contribution is 5.69. The van der Waals surface area contributed by atoms with E-state index in [4.69, 9.17) is 9.47 Å². The molecule has 0 amide bonds. The molecular formula is C13H22O6. The molecule has 0 heterocycles. The van der Waals surface area contributed by atoms with Crippen LogP contribution in [0, 0.1) is 0 Å². The van der Waals surface area contributed by atoms with E-state index in [1.54, 1.807) is 6.92 Å². The molecule has 0 saturated heterocycles. The van der Waals surface area contributed by atoms with Crippen molar-refractivity contribution in [2.45, 2.75) is 63.8 Å². The summed E-state index contributed by atoms with van der Waals surface area (Å²) in [5.74, 6) is -0.941. The normalized spacial score (nSPS) is 30.7. The summed E-state index contributed by atoms with van der Waals surface area (Å²) in [6.07, 6.45) is -0.193. The Hall–Kier alpha value is -1.14. The highest BCUT2D eigenvalue weighted by Gasteiger charge is 2.47. The van der Waals surface area contributed by atoms with Gasteiger partial charge in [-0.3, -0.25) is 9.59 Å². The first-order chi connectivity index (χ1) is 8.90. The van der Waals surface area contributed by atoms with Crippen molar-refractivity contribution >= 4 is 11.9 Å². The lowest BCUT2D eigenvalue weighted by Crippen LogP contribution is -2.56.